The molecule has 6 heteroatoms. The van der Waals surface area contributed by atoms with Gasteiger partial charge >= 0.3 is 0 Å². The summed E-state index contributed by atoms with van der Waals surface area (Å²) < 4.78 is 0. The minimum Gasteiger partial charge on any atom is -0.357 e. The van der Waals surface area contributed by atoms with E-state index in [1.165, 1.54) is 0 Å². The SMILES string of the molecule is CN(CCC#N)c1cnc2cc(Cl)c(Cl)cc2n1. The molecule has 0 spiro atoms. The lowest BCUT2D eigenvalue weighted by molar-refractivity contribution is 0.884. The molecule has 0 radical (unpaired) electrons. The van der Waals surface area contributed by atoms with Gasteiger partial charge in [0.1, 0.15) is 5.82 Å². The molecule has 0 amide bonds. The number of rotatable bonds is 3. The topological polar surface area (TPSA) is 52.8 Å². The van der Waals surface area contributed by atoms with E-state index in [1.54, 1.807) is 18.3 Å². The molecule has 0 unspecified atom stereocenters. The van der Waals surface area contributed by atoms with E-state index >= 15 is 0 Å². The molecule has 0 N–H and O–H groups in total. The van der Waals surface area contributed by atoms with Gasteiger partial charge in [0.15, 0.2) is 0 Å². The van der Waals surface area contributed by atoms with Crippen molar-refractivity contribution < 1.29 is 0 Å². The van der Waals surface area contributed by atoms with E-state index in [2.05, 4.69) is 16.0 Å². The summed E-state index contributed by atoms with van der Waals surface area (Å²) in [5.41, 5.74) is 1.38. The van der Waals surface area contributed by atoms with E-state index in [-0.39, 0.29) is 0 Å². The standard InChI is InChI=1S/C12H10Cl2N4/c1-18(4-2-3-15)12-7-16-10-5-8(13)9(14)6-11(10)17-12/h5-7H,2,4H2,1H3. The summed E-state index contributed by atoms with van der Waals surface area (Å²) >= 11 is 11.9. The number of hydrogen-bond acceptors (Lipinski definition) is 4. The van der Waals surface area contributed by atoms with Crippen molar-refractivity contribution in [3.63, 3.8) is 0 Å². The van der Waals surface area contributed by atoms with Gasteiger partial charge in [0.25, 0.3) is 0 Å². The molecule has 0 aliphatic rings. The molecule has 4 nitrogen and oxygen atoms in total. The summed E-state index contributed by atoms with van der Waals surface area (Å²) in [5.74, 6) is 0.705. The van der Waals surface area contributed by atoms with Gasteiger partial charge in [0.05, 0.1) is 39.8 Å². The van der Waals surface area contributed by atoms with Crippen LogP contribution in [0.2, 0.25) is 10.0 Å². The molecule has 1 heterocycles. The summed E-state index contributed by atoms with van der Waals surface area (Å²) in [6.07, 6.45) is 2.10. The van der Waals surface area contributed by atoms with Crippen molar-refractivity contribution in [1.82, 2.24) is 9.97 Å². The highest BCUT2D eigenvalue weighted by atomic mass is 35.5. The Hall–Kier alpha value is -1.57. The van der Waals surface area contributed by atoms with Crippen molar-refractivity contribution in [3.8, 4) is 6.07 Å². The lowest BCUT2D eigenvalue weighted by Crippen LogP contribution is -2.19. The van der Waals surface area contributed by atoms with Gasteiger partial charge in [0.2, 0.25) is 0 Å². The lowest BCUT2D eigenvalue weighted by Gasteiger charge is -2.16. The third-order valence-corrected chi connectivity index (χ3v) is 3.24. The fourth-order valence-corrected chi connectivity index (χ4v) is 1.83. The van der Waals surface area contributed by atoms with E-state index in [0.717, 1.165) is 0 Å². The van der Waals surface area contributed by atoms with Crippen LogP contribution >= 0.6 is 23.2 Å². The van der Waals surface area contributed by atoms with Crippen LogP contribution in [0.3, 0.4) is 0 Å². The average molecular weight is 281 g/mol. The molecule has 0 atom stereocenters. The maximum absolute atomic E-state index is 8.56. The van der Waals surface area contributed by atoms with Gasteiger partial charge in [-0.15, -0.1) is 0 Å². The van der Waals surface area contributed by atoms with Crippen LogP contribution in [-0.2, 0) is 0 Å². The first-order valence-corrected chi connectivity index (χ1v) is 6.07. The second-order valence-corrected chi connectivity index (χ2v) is 4.63. The molecule has 2 aromatic rings. The van der Waals surface area contributed by atoms with Crippen molar-refractivity contribution in [1.29, 1.82) is 5.26 Å². The number of hydrogen-bond donors (Lipinski definition) is 0. The highest BCUT2D eigenvalue weighted by molar-refractivity contribution is 6.42. The molecule has 1 aromatic heterocycles. The quantitative estimate of drug-likeness (QED) is 0.866. The Morgan fingerprint density at radius 3 is 2.61 bits per heavy atom. The molecular weight excluding hydrogens is 271 g/mol. The van der Waals surface area contributed by atoms with Crippen LogP contribution in [0.25, 0.3) is 11.0 Å². The third kappa shape index (κ3) is 2.63. The smallest absolute Gasteiger partial charge is 0.147 e. The number of aromatic nitrogens is 2. The van der Waals surface area contributed by atoms with E-state index in [9.17, 15) is 0 Å². The second-order valence-electron chi connectivity index (χ2n) is 3.81. The summed E-state index contributed by atoms with van der Waals surface area (Å²) in [6.45, 7) is 0.609. The molecule has 0 fully saturated rings. The van der Waals surface area contributed by atoms with Gasteiger partial charge in [-0.05, 0) is 12.1 Å². The van der Waals surface area contributed by atoms with E-state index in [0.29, 0.717) is 39.9 Å². The molecule has 0 saturated carbocycles. The van der Waals surface area contributed by atoms with Crippen LogP contribution in [0.4, 0.5) is 5.82 Å². The predicted molar refractivity (Wildman–Crippen MR) is 73.1 cm³/mol. The number of fused-ring (bicyclic) bond motifs is 1. The summed E-state index contributed by atoms with van der Waals surface area (Å²) in [6, 6.07) is 5.47. The number of nitrogens with zero attached hydrogens (tertiary/aromatic N) is 4. The molecule has 0 aliphatic heterocycles. The Morgan fingerprint density at radius 1 is 1.28 bits per heavy atom. The van der Waals surface area contributed by atoms with E-state index in [1.807, 2.05) is 11.9 Å². The van der Waals surface area contributed by atoms with Crippen molar-refractivity contribution in [3.05, 3.63) is 28.4 Å². The van der Waals surface area contributed by atoms with Gasteiger partial charge in [-0.25, -0.2) is 4.98 Å². The molecule has 1 aromatic carbocycles. The van der Waals surface area contributed by atoms with Crippen LogP contribution in [0.5, 0.6) is 0 Å². The number of nitriles is 1. The highest BCUT2D eigenvalue weighted by Crippen LogP contribution is 2.26. The Labute approximate surface area is 115 Å². The van der Waals surface area contributed by atoms with Gasteiger partial charge in [-0.3, -0.25) is 4.98 Å². The maximum Gasteiger partial charge on any atom is 0.147 e. The molecule has 92 valence electrons. The van der Waals surface area contributed by atoms with Gasteiger partial charge < -0.3 is 4.90 Å². The molecule has 0 aliphatic carbocycles. The van der Waals surface area contributed by atoms with Crippen LogP contribution in [-0.4, -0.2) is 23.6 Å². The van der Waals surface area contributed by atoms with E-state index < -0.39 is 0 Å². The highest BCUT2D eigenvalue weighted by Gasteiger charge is 2.07. The Kier molecular flexibility index (Phi) is 3.85. The average Bonchev–Trinajstić information content (AvgIpc) is 2.36. The minimum atomic E-state index is 0.442. The third-order valence-electron chi connectivity index (χ3n) is 2.52. The number of anilines is 1. The first kappa shape index (κ1) is 12.9. The Balaban J connectivity index is 2.38. The maximum atomic E-state index is 8.56. The zero-order valence-electron chi connectivity index (χ0n) is 9.69. The zero-order valence-corrected chi connectivity index (χ0v) is 11.2. The number of benzene rings is 1. The fourth-order valence-electron chi connectivity index (χ4n) is 1.51. The monoisotopic (exact) mass is 280 g/mol. The predicted octanol–water partition coefficient (Wildman–Crippen LogP) is 3.29. The minimum absolute atomic E-state index is 0.442. The van der Waals surface area contributed by atoms with Crippen molar-refractivity contribution in [2.24, 2.45) is 0 Å². The van der Waals surface area contributed by atoms with Crippen LogP contribution in [0.15, 0.2) is 18.3 Å². The van der Waals surface area contributed by atoms with Gasteiger partial charge in [0, 0.05) is 13.6 Å². The Bertz CT molecular complexity index is 621. The number of halogens is 2. The molecule has 0 bridgehead atoms. The lowest BCUT2D eigenvalue weighted by atomic mass is 10.3. The first-order valence-electron chi connectivity index (χ1n) is 5.31. The fraction of sp³-hybridized carbons (Fsp3) is 0.250. The molecule has 18 heavy (non-hydrogen) atoms. The molecule has 0 saturated heterocycles. The Morgan fingerprint density at radius 2 is 1.94 bits per heavy atom. The van der Waals surface area contributed by atoms with Crippen LogP contribution in [0, 0.1) is 11.3 Å². The zero-order chi connectivity index (χ0) is 13.1. The first-order chi connectivity index (χ1) is 8.61. The normalized spacial score (nSPS) is 10.3. The van der Waals surface area contributed by atoms with Crippen LogP contribution in [0.1, 0.15) is 6.42 Å². The summed E-state index contributed by atoms with van der Waals surface area (Å²) in [4.78, 5) is 10.6. The van der Waals surface area contributed by atoms with Crippen molar-refractivity contribution in [2.45, 2.75) is 6.42 Å². The summed E-state index contributed by atoms with van der Waals surface area (Å²) in [7, 11) is 1.87. The van der Waals surface area contributed by atoms with Crippen LogP contribution < -0.4 is 4.90 Å². The molecule has 2 rings (SSSR count). The van der Waals surface area contributed by atoms with Gasteiger partial charge in [-0.2, -0.15) is 5.26 Å². The second kappa shape index (κ2) is 5.38. The van der Waals surface area contributed by atoms with E-state index in [4.69, 9.17) is 28.5 Å². The molecular formula is C12H10Cl2N4. The van der Waals surface area contributed by atoms with Gasteiger partial charge in [-0.1, -0.05) is 23.2 Å². The van der Waals surface area contributed by atoms with Crippen molar-refractivity contribution in [2.75, 3.05) is 18.5 Å². The van der Waals surface area contributed by atoms with Crippen molar-refractivity contribution >= 4 is 40.1 Å². The summed E-state index contributed by atoms with van der Waals surface area (Å²) in [5, 5.41) is 9.47. The largest absolute Gasteiger partial charge is 0.357 e.